The van der Waals surface area contributed by atoms with Crippen molar-refractivity contribution in [3.63, 3.8) is 0 Å². The van der Waals surface area contributed by atoms with Crippen LogP contribution in [0, 0.1) is 0 Å². The lowest BCUT2D eigenvalue weighted by Gasteiger charge is -2.35. The van der Waals surface area contributed by atoms with Crippen LogP contribution >= 0.6 is 0 Å². The molecule has 0 aliphatic carbocycles. The molecule has 0 saturated carbocycles. The molecule has 2 aliphatic rings. The highest BCUT2D eigenvalue weighted by Crippen LogP contribution is 2.43. The lowest BCUT2D eigenvalue weighted by atomic mass is 9.34. The maximum Gasteiger partial charge on any atom is 0.260 e. The smallest absolute Gasteiger partial charge is 0.260 e. The average Bonchev–Trinajstić information content (AvgIpc) is 3.85. The van der Waals surface area contributed by atoms with E-state index in [4.69, 9.17) is 20.4 Å². The molecule has 270 valence electrons. The number of fused-ring (bicyclic) bond motifs is 10. The molecular weight excluding hydrogens is 695 g/mol. The fourth-order valence-electron chi connectivity index (χ4n) is 8.97. The summed E-state index contributed by atoms with van der Waals surface area (Å²) in [6, 6.07) is 38.0. The summed E-state index contributed by atoms with van der Waals surface area (Å²) in [5, 5.41) is 2.44. The molecule has 8 aromatic carbocycles. The van der Waals surface area contributed by atoms with Gasteiger partial charge >= 0.3 is 0 Å². The molecule has 0 spiro atoms. The minimum Gasteiger partial charge on any atom is -0.458 e. The van der Waals surface area contributed by atoms with Crippen LogP contribution < -0.4 is 25.9 Å². The molecule has 0 amide bonds. The van der Waals surface area contributed by atoms with Crippen molar-refractivity contribution >= 4 is 66.7 Å². The number of hydrogen-bond donors (Lipinski definition) is 0. The highest BCUT2D eigenvalue weighted by atomic mass is 16.5. The van der Waals surface area contributed by atoms with Gasteiger partial charge in [-0.1, -0.05) is 124 Å². The van der Waals surface area contributed by atoms with E-state index in [9.17, 15) is 0 Å². The monoisotopic (exact) mass is 740 g/mol. The summed E-state index contributed by atoms with van der Waals surface area (Å²) >= 11 is 0. The van der Waals surface area contributed by atoms with Crippen LogP contribution in [0.5, 0.6) is 23.0 Å². The molecule has 4 nitrogen and oxygen atoms in total. The first-order chi connectivity index (χ1) is 31.2. The lowest BCUT2D eigenvalue weighted by molar-refractivity contribution is 0.464. The van der Waals surface area contributed by atoms with E-state index >= 15 is 0 Å². The molecule has 4 heterocycles. The quantitative estimate of drug-likeness (QED) is 0.169. The fraction of sp³-hybridized carbons (Fsp3) is 0.0769. The number of benzene rings is 8. The zero-order valence-corrected chi connectivity index (χ0v) is 31.3. The zero-order chi connectivity index (χ0) is 45.0. The Labute approximate surface area is 342 Å². The van der Waals surface area contributed by atoms with Crippen molar-refractivity contribution in [1.82, 2.24) is 9.13 Å². The molecule has 0 atom stereocenters. The van der Waals surface area contributed by atoms with E-state index < -0.39 is 24.2 Å². The first kappa shape index (κ1) is 25.2. The van der Waals surface area contributed by atoms with E-state index in [1.54, 1.807) is 6.07 Å². The SMILES string of the molecule is [2H]c1c([2H])c([2H])c2c(c1[2H])c1c([2H])c([2H])c([2H])c([2H])c1n2-c1ccc2c(c1)Oc1ccc(-c3ccc(-n4c5ccccc5c5ccccc54)cc3)c3c1B2c1ccc(C(C)(C)C)cc1O3. The fourth-order valence-corrected chi connectivity index (χ4v) is 8.97. The van der Waals surface area contributed by atoms with E-state index in [0.29, 0.717) is 22.9 Å². The molecule has 0 radical (unpaired) electrons. The van der Waals surface area contributed by atoms with Crippen LogP contribution in [0.4, 0.5) is 0 Å². The Morgan fingerprint density at radius 3 is 1.75 bits per heavy atom. The van der Waals surface area contributed by atoms with E-state index in [2.05, 4.69) is 116 Å². The molecule has 0 bridgehead atoms. The normalized spacial score (nSPS) is 15.0. The number of aromatic nitrogens is 2. The summed E-state index contributed by atoms with van der Waals surface area (Å²) in [7, 11) is 0. The molecule has 0 N–H and O–H groups in total. The van der Waals surface area contributed by atoms with Crippen LogP contribution in [0.3, 0.4) is 0 Å². The van der Waals surface area contributed by atoms with Crippen LogP contribution in [0.1, 0.15) is 37.3 Å². The van der Waals surface area contributed by atoms with Crippen LogP contribution in [0.25, 0.3) is 66.1 Å². The summed E-state index contributed by atoms with van der Waals surface area (Å²) in [5.41, 5.74) is 9.37. The Hall–Kier alpha value is -6.98. The Kier molecular flexibility index (Phi) is 5.21. The first-order valence-electron chi connectivity index (χ1n) is 23.1. The molecule has 0 unspecified atom stereocenters. The second kappa shape index (κ2) is 11.8. The maximum atomic E-state index is 9.05. The van der Waals surface area contributed by atoms with Gasteiger partial charge in [0.15, 0.2) is 0 Å². The molecular formula is C52H37BN2O2. The predicted octanol–water partition coefficient (Wildman–Crippen LogP) is 11.6. The summed E-state index contributed by atoms with van der Waals surface area (Å²) < 4.78 is 87.7. The molecule has 57 heavy (non-hydrogen) atoms. The summed E-state index contributed by atoms with van der Waals surface area (Å²) in [4.78, 5) is 0. The molecule has 12 rings (SSSR count). The summed E-state index contributed by atoms with van der Waals surface area (Å²) in [6.07, 6.45) is 0. The van der Waals surface area contributed by atoms with Gasteiger partial charge in [-0.3, -0.25) is 0 Å². The average molecular weight is 741 g/mol. The zero-order valence-electron chi connectivity index (χ0n) is 39.3. The summed E-state index contributed by atoms with van der Waals surface area (Å²) in [6.45, 7) is 6.21. The minimum atomic E-state index is -0.485. The Morgan fingerprint density at radius 2 is 1.09 bits per heavy atom. The van der Waals surface area contributed by atoms with Gasteiger partial charge in [-0.15, -0.1) is 0 Å². The number of hydrogen-bond acceptors (Lipinski definition) is 2. The van der Waals surface area contributed by atoms with Crippen molar-refractivity contribution < 1.29 is 20.4 Å². The highest BCUT2D eigenvalue weighted by Gasteiger charge is 2.42. The Morgan fingerprint density at radius 1 is 0.509 bits per heavy atom. The molecule has 2 aliphatic heterocycles. The van der Waals surface area contributed by atoms with Gasteiger partial charge in [0.05, 0.1) is 33.0 Å². The van der Waals surface area contributed by atoms with Gasteiger partial charge in [-0.25, -0.2) is 0 Å². The largest absolute Gasteiger partial charge is 0.458 e. The topological polar surface area (TPSA) is 28.3 Å². The van der Waals surface area contributed by atoms with Crippen molar-refractivity contribution in [1.29, 1.82) is 0 Å². The molecule has 0 fully saturated rings. The van der Waals surface area contributed by atoms with Crippen LogP contribution in [-0.2, 0) is 5.41 Å². The number of rotatable bonds is 3. The predicted molar refractivity (Wildman–Crippen MR) is 237 cm³/mol. The third-order valence-corrected chi connectivity index (χ3v) is 11.7. The second-order valence-corrected chi connectivity index (χ2v) is 15.9. The van der Waals surface area contributed by atoms with E-state index in [-0.39, 0.29) is 58.1 Å². The first-order valence-corrected chi connectivity index (χ1v) is 19.1. The number of nitrogens with zero attached hydrogens (tertiary/aromatic N) is 2. The third kappa shape index (κ3) is 4.69. The van der Waals surface area contributed by atoms with Crippen molar-refractivity contribution in [2.24, 2.45) is 0 Å². The van der Waals surface area contributed by atoms with Gasteiger partial charge in [-0.2, -0.15) is 0 Å². The molecule has 10 aromatic rings. The van der Waals surface area contributed by atoms with Gasteiger partial charge in [0, 0.05) is 50.0 Å². The standard InChI is InChI=1S/C52H37BN2O2/c1-52(2,3)33-22-27-41-48(30-33)57-51-36(32-20-23-34(24-21-32)54-43-16-8-4-12-37(43)38-13-5-9-17-44(38)54)26-29-47-50(51)53(41)42-28-25-35(31-49(42)56-47)55-45-18-10-6-14-39(45)40-15-7-11-19-46(40)55/h4-31H,1-3H3/i6D,7D,10D,11D,14D,15D,18D,19D. The van der Waals surface area contributed by atoms with Crippen molar-refractivity contribution in [3.8, 4) is 45.5 Å². The third-order valence-electron chi connectivity index (χ3n) is 11.7. The van der Waals surface area contributed by atoms with Gasteiger partial charge in [0.1, 0.15) is 23.0 Å². The van der Waals surface area contributed by atoms with Crippen molar-refractivity contribution in [2.45, 2.75) is 26.2 Å². The van der Waals surface area contributed by atoms with Gasteiger partial charge < -0.3 is 18.6 Å². The molecule has 0 saturated heterocycles. The lowest BCUT2D eigenvalue weighted by Crippen LogP contribution is -2.57. The molecule has 5 heteroatoms. The van der Waals surface area contributed by atoms with Crippen molar-refractivity contribution in [2.75, 3.05) is 0 Å². The minimum absolute atomic E-state index is 0.0234. The van der Waals surface area contributed by atoms with Gasteiger partial charge in [0.25, 0.3) is 6.71 Å². The van der Waals surface area contributed by atoms with E-state index in [1.165, 1.54) is 15.3 Å². The van der Waals surface area contributed by atoms with E-state index in [0.717, 1.165) is 55.5 Å². The number of para-hydroxylation sites is 4. The van der Waals surface area contributed by atoms with Gasteiger partial charge in [0.2, 0.25) is 0 Å². The van der Waals surface area contributed by atoms with Gasteiger partial charge in [-0.05, 0) is 88.1 Å². The second-order valence-electron chi connectivity index (χ2n) is 15.9. The van der Waals surface area contributed by atoms with Crippen LogP contribution in [-0.4, -0.2) is 15.8 Å². The highest BCUT2D eigenvalue weighted by molar-refractivity contribution is 6.98. The molecule has 2 aromatic heterocycles. The number of ether oxygens (including phenoxy) is 2. The Balaban J connectivity index is 1.05. The van der Waals surface area contributed by atoms with Crippen LogP contribution in [0.2, 0.25) is 0 Å². The summed E-state index contributed by atoms with van der Waals surface area (Å²) in [5.74, 6) is 2.52. The van der Waals surface area contributed by atoms with Crippen molar-refractivity contribution in [3.05, 3.63) is 175 Å². The van der Waals surface area contributed by atoms with E-state index in [1.807, 2.05) is 24.3 Å². The van der Waals surface area contributed by atoms with Crippen LogP contribution in [0.15, 0.2) is 170 Å². The Bertz CT molecular complexity index is 3630. The maximum absolute atomic E-state index is 9.05.